The van der Waals surface area contributed by atoms with Gasteiger partial charge in [0.15, 0.2) is 0 Å². The van der Waals surface area contributed by atoms with Gasteiger partial charge in [0.2, 0.25) is 0 Å². The first-order valence-corrected chi connectivity index (χ1v) is 4.82. The Labute approximate surface area is 75.9 Å². The lowest BCUT2D eigenvalue weighted by Gasteiger charge is -2.20. The highest BCUT2D eigenvalue weighted by molar-refractivity contribution is 4.67. The van der Waals surface area contributed by atoms with Crippen LogP contribution >= 0.6 is 0 Å². The second-order valence-corrected chi connectivity index (χ2v) is 3.64. The molecular weight excluding hydrogens is 152 g/mol. The molecule has 0 radical (unpaired) electrons. The van der Waals surface area contributed by atoms with E-state index in [0.717, 1.165) is 6.42 Å². The first-order chi connectivity index (χ1) is 5.61. The summed E-state index contributed by atoms with van der Waals surface area (Å²) < 4.78 is 5.04. The Bertz CT molecular complexity index is 104. The van der Waals surface area contributed by atoms with Crippen molar-refractivity contribution >= 4 is 0 Å². The molecule has 1 N–H and O–H groups in total. The molecule has 0 spiro atoms. The quantitative estimate of drug-likeness (QED) is 0.669. The minimum atomic E-state index is -0.309. The van der Waals surface area contributed by atoms with Crippen LogP contribution in [0.5, 0.6) is 0 Å². The maximum atomic E-state index is 9.59. The van der Waals surface area contributed by atoms with Crippen molar-refractivity contribution in [3.05, 3.63) is 0 Å². The summed E-state index contributed by atoms with van der Waals surface area (Å²) in [7, 11) is 1.64. The summed E-state index contributed by atoms with van der Waals surface area (Å²) in [5, 5.41) is 9.59. The van der Waals surface area contributed by atoms with Crippen molar-refractivity contribution in [3.8, 4) is 0 Å². The fourth-order valence-electron chi connectivity index (χ4n) is 1.37. The Balaban J connectivity index is 3.59. The highest BCUT2D eigenvalue weighted by atomic mass is 16.5. The topological polar surface area (TPSA) is 29.5 Å². The molecule has 0 fully saturated rings. The number of methoxy groups -OCH3 is 1. The number of hydrogen-bond donors (Lipinski definition) is 1. The second kappa shape index (κ2) is 6.44. The predicted octanol–water partition coefficient (Wildman–Crippen LogP) is 2.21. The highest BCUT2D eigenvalue weighted by Crippen LogP contribution is 2.15. The summed E-state index contributed by atoms with van der Waals surface area (Å²) in [6, 6.07) is 0. The van der Waals surface area contributed by atoms with E-state index in [1.54, 1.807) is 7.11 Å². The molecule has 0 saturated heterocycles. The molecule has 12 heavy (non-hydrogen) atoms. The summed E-state index contributed by atoms with van der Waals surface area (Å²) in [6.45, 7) is 6.25. The van der Waals surface area contributed by atoms with Crippen LogP contribution < -0.4 is 0 Å². The minimum Gasteiger partial charge on any atom is -0.390 e. The second-order valence-electron chi connectivity index (χ2n) is 3.64. The van der Waals surface area contributed by atoms with Crippen LogP contribution in [0.1, 0.15) is 40.0 Å². The molecule has 74 valence electrons. The Hall–Kier alpha value is -0.0800. The molecule has 3 unspecified atom stereocenters. The maximum Gasteiger partial charge on any atom is 0.0802 e. The predicted molar refractivity (Wildman–Crippen MR) is 51.2 cm³/mol. The minimum absolute atomic E-state index is 0.0377. The van der Waals surface area contributed by atoms with Crippen LogP contribution in [-0.4, -0.2) is 24.4 Å². The van der Waals surface area contributed by atoms with Gasteiger partial charge < -0.3 is 9.84 Å². The van der Waals surface area contributed by atoms with Gasteiger partial charge in [-0.15, -0.1) is 0 Å². The van der Waals surface area contributed by atoms with Crippen LogP contribution in [0.4, 0.5) is 0 Å². The zero-order chi connectivity index (χ0) is 9.56. The molecule has 0 aromatic carbocycles. The molecule has 0 aromatic rings. The Morgan fingerprint density at radius 2 is 1.92 bits per heavy atom. The van der Waals surface area contributed by atoms with Gasteiger partial charge in [-0.25, -0.2) is 0 Å². The lowest BCUT2D eigenvalue weighted by Crippen LogP contribution is -2.26. The van der Waals surface area contributed by atoms with Gasteiger partial charge in [-0.3, -0.25) is 0 Å². The number of hydrogen-bond acceptors (Lipinski definition) is 2. The Morgan fingerprint density at radius 3 is 2.33 bits per heavy atom. The molecule has 0 heterocycles. The van der Waals surface area contributed by atoms with Gasteiger partial charge >= 0.3 is 0 Å². The molecule has 0 saturated carbocycles. The fraction of sp³-hybridized carbons (Fsp3) is 1.00. The van der Waals surface area contributed by atoms with E-state index < -0.39 is 0 Å². The van der Waals surface area contributed by atoms with Gasteiger partial charge in [0.1, 0.15) is 0 Å². The largest absolute Gasteiger partial charge is 0.390 e. The molecule has 0 bridgehead atoms. The normalized spacial score (nSPS) is 18.8. The first kappa shape index (κ1) is 11.9. The fourth-order valence-corrected chi connectivity index (χ4v) is 1.37. The van der Waals surface area contributed by atoms with Crippen molar-refractivity contribution in [1.29, 1.82) is 0 Å². The zero-order valence-electron chi connectivity index (χ0n) is 8.71. The summed E-state index contributed by atoms with van der Waals surface area (Å²) in [5.74, 6) is 0.600. The summed E-state index contributed by atoms with van der Waals surface area (Å²) in [6.07, 6.45) is 2.88. The summed E-state index contributed by atoms with van der Waals surface area (Å²) >= 11 is 0. The number of rotatable bonds is 6. The average molecular weight is 174 g/mol. The van der Waals surface area contributed by atoms with Crippen LogP contribution in [-0.2, 0) is 4.74 Å². The van der Waals surface area contributed by atoms with Gasteiger partial charge in [-0.1, -0.05) is 26.7 Å². The summed E-state index contributed by atoms with van der Waals surface area (Å²) in [5.41, 5.74) is 0. The van der Waals surface area contributed by atoms with Gasteiger partial charge in [-0.05, 0) is 19.3 Å². The molecule has 0 amide bonds. The molecule has 0 aliphatic rings. The van der Waals surface area contributed by atoms with E-state index in [2.05, 4.69) is 13.8 Å². The molecule has 3 atom stereocenters. The number of aliphatic hydroxyl groups excluding tert-OH is 1. The van der Waals surface area contributed by atoms with E-state index in [-0.39, 0.29) is 12.2 Å². The molecule has 2 heteroatoms. The van der Waals surface area contributed by atoms with Crippen molar-refractivity contribution in [2.45, 2.75) is 52.2 Å². The molecular formula is C10H22O2. The van der Waals surface area contributed by atoms with E-state index >= 15 is 0 Å². The van der Waals surface area contributed by atoms with Crippen LogP contribution in [0.25, 0.3) is 0 Å². The molecule has 0 rings (SSSR count). The lowest BCUT2D eigenvalue weighted by molar-refractivity contribution is -0.0115. The molecule has 0 aromatic heterocycles. The van der Waals surface area contributed by atoms with Gasteiger partial charge in [0.25, 0.3) is 0 Å². The van der Waals surface area contributed by atoms with E-state index in [9.17, 15) is 5.11 Å². The Morgan fingerprint density at radius 1 is 1.33 bits per heavy atom. The summed E-state index contributed by atoms with van der Waals surface area (Å²) in [4.78, 5) is 0. The third-order valence-corrected chi connectivity index (χ3v) is 2.34. The highest BCUT2D eigenvalue weighted by Gasteiger charge is 2.15. The average Bonchev–Trinajstić information content (AvgIpc) is 2.03. The van der Waals surface area contributed by atoms with Crippen molar-refractivity contribution in [3.63, 3.8) is 0 Å². The maximum absolute atomic E-state index is 9.59. The van der Waals surface area contributed by atoms with Crippen LogP contribution in [0, 0.1) is 5.92 Å². The van der Waals surface area contributed by atoms with Gasteiger partial charge in [0, 0.05) is 7.11 Å². The first-order valence-electron chi connectivity index (χ1n) is 4.82. The van der Waals surface area contributed by atoms with E-state index in [1.807, 2.05) is 6.92 Å². The Kier molecular flexibility index (Phi) is 6.39. The van der Waals surface area contributed by atoms with Crippen LogP contribution in [0.3, 0.4) is 0 Å². The third kappa shape index (κ3) is 4.73. The van der Waals surface area contributed by atoms with Crippen LogP contribution in [0.15, 0.2) is 0 Å². The lowest BCUT2D eigenvalue weighted by atomic mass is 9.97. The van der Waals surface area contributed by atoms with Crippen molar-refractivity contribution in [1.82, 2.24) is 0 Å². The smallest absolute Gasteiger partial charge is 0.0802 e. The van der Waals surface area contributed by atoms with E-state index in [0.29, 0.717) is 5.92 Å². The van der Waals surface area contributed by atoms with Gasteiger partial charge in [0.05, 0.1) is 12.2 Å². The molecule has 0 aliphatic carbocycles. The molecule has 0 aliphatic heterocycles. The molecule has 2 nitrogen and oxygen atoms in total. The van der Waals surface area contributed by atoms with E-state index in [4.69, 9.17) is 4.74 Å². The van der Waals surface area contributed by atoms with E-state index in [1.165, 1.54) is 12.8 Å². The van der Waals surface area contributed by atoms with Gasteiger partial charge in [-0.2, -0.15) is 0 Å². The SMILES string of the molecule is CCCC(C)CC(O)C(C)OC. The third-order valence-electron chi connectivity index (χ3n) is 2.34. The monoisotopic (exact) mass is 174 g/mol. The zero-order valence-corrected chi connectivity index (χ0v) is 8.71. The number of aliphatic hydroxyl groups is 1. The standard InChI is InChI=1S/C10H22O2/c1-5-6-8(2)7-10(11)9(3)12-4/h8-11H,5-7H2,1-4H3. The van der Waals surface area contributed by atoms with Crippen LogP contribution in [0.2, 0.25) is 0 Å². The number of ether oxygens (including phenoxy) is 1. The van der Waals surface area contributed by atoms with Crippen molar-refractivity contribution < 1.29 is 9.84 Å². The van der Waals surface area contributed by atoms with Crippen molar-refractivity contribution in [2.24, 2.45) is 5.92 Å². The van der Waals surface area contributed by atoms with Crippen molar-refractivity contribution in [2.75, 3.05) is 7.11 Å².